The Morgan fingerprint density at radius 1 is 1.19 bits per heavy atom. The quantitative estimate of drug-likeness (QED) is 0.681. The fourth-order valence-electron chi connectivity index (χ4n) is 2.48. The van der Waals surface area contributed by atoms with E-state index < -0.39 is 11.7 Å². The number of benzene rings is 1. The molecule has 0 aliphatic rings. The maximum Gasteiger partial charge on any atom is 0.416 e. The molecule has 2 rings (SSSR count). The molecule has 144 valence electrons. The molecule has 0 saturated carbocycles. The van der Waals surface area contributed by atoms with Gasteiger partial charge in [-0.3, -0.25) is 0 Å². The topological polar surface area (TPSA) is 31.4 Å². The fourth-order valence-corrected chi connectivity index (χ4v) is 3.40. The lowest BCUT2D eigenvalue weighted by Gasteiger charge is -2.24. The number of nitrogens with zero attached hydrogens (tertiary/aromatic N) is 3. The first-order valence-corrected chi connectivity index (χ1v) is 9.27. The van der Waals surface area contributed by atoms with E-state index in [9.17, 15) is 13.2 Å². The van der Waals surface area contributed by atoms with Gasteiger partial charge >= 0.3 is 6.18 Å². The zero-order valence-corrected chi connectivity index (χ0v) is 16.5. The monoisotopic (exact) mass is 406 g/mol. The zero-order chi connectivity index (χ0) is 19.3. The lowest BCUT2D eigenvalue weighted by Crippen LogP contribution is -2.24. The molecule has 0 spiro atoms. The van der Waals surface area contributed by atoms with Gasteiger partial charge in [0, 0.05) is 24.7 Å². The van der Waals surface area contributed by atoms with Crippen molar-refractivity contribution in [1.29, 1.82) is 0 Å². The van der Waals surface area contributed by atoms with Gasteiger partial charge in [-0.25, -0.2) is 4.98 Å². The van der Waals surface area contributed by atoms with Gasteiger partial charge in [-0.2, -0.15) is 13.2 Å². The van der Waals surface area contributed by atoms with Crippen molar-refractivity contribution in [2.45, 2.75) is 19.1 Å². The van der Waals surface area contributed by atoms with E-state index in [1.807, 2.05) is 26.0 Å². The number of aromatic nitrogens is 1. The summed E-state index contributed by atoms with van der Waals surface area (Å²) in [4.78, 5) is 8.84. The Bertz CT molecular complexity index is 718. The number of hydrogen-bond donors (Lipinski definition) is 1. The van der Waals surface area contributed by atoms with Gasteiger partial charge in [0.1, 0.15) is 0 Å². The summed E-state index contributed by atoms with van der Waals surface area (Å²) in [6.45, 7) is 2.02. The first-order valence-electron chi connectivity index (χ1n) is 8.08. The minimum atomic E-state index is -4.38. The third kappa shape index (κ3) is 6.03. The number of hydrogen-bond acceptors (Lipinski definition) is 5. The molecule has 0 bridgehead atoms. The summed E-state index contributed by atoms with van der Waals surface area (Å²) in [5.74, 6) is 0. The summed E-state index contributed by atoms with van der Waals surface area (Å²) < 4.78 is 39.7. The van der Waals surface area contributed by atoms with Crippen molar-refractivity contribution in [2.24, 2.45) is 0 Å². The molecule has 1 heterocycles. The van der Waals surface area contributed by atoms with Crippen LogP contribution in [-0.4, -0.2) is 44.1 Å². The Hall–Kier alpha value is -1.51. The SMILES string of the molecule is CN(C)CCCN(C)c1ccc(C(F)(F)F)cc1NCc1cnc(Cl)s1. The second-order valence-electron chi connectivity index (χ2n) is 6.24. The third-order valence-electron chi connectivity index (χ3n) is 3.81. The Morgan fingerprint density at radius 2 is 1.92 bits per heavy atom. The number of rotatable bonds is 8. The van der Waals surface area contributed by atoms with Crippen molar-refractivity contribution in [3.8, 4) is 0 Å². The van der Waals surface area contributed by atoms with Crippen LogP contribution in [0.15, 0.2) is 24.4 Å². The second kappa shape index (κ2) is 8.92. The van der Waals surface area contributed by atoms with E-state index >= 15 is 0 Å². The number of halogens is 4. The van der Waals surface area contributed by atoms with Gasteiger partial charge in [0.15, 0.2) is 4.47 Å². The number of alkyl halides is 3. The van der Waals surface area contributed by atoms with Crippen molar-refractivity contribution in [2.75, 3.05) is 44.4 Å². The molecule has 0 aliphatic heterocycles. The van der Waals surface area contributed by atoms with E-state index in [0.29, 0.717) is 16.7 Å². The van der Waals surface area contributed by atoms with E-state index in [0.717, 1.165) is 42.2 Å². The fraction of sp³-hybridized carbons (Fsp3) is 0.471. The molecule has 2 aromatic rings. The molecule has 0 atom stereocenters. The molecule has 26 heavy (non-hydrogen) atoms. The Balaban J connectivity index is 2.19. The predicted molar refractivity (Wildman–Crippen MR) is 102 cm³/mol. The highest BCUT2D eigenvalue weighted by atomic mass is 35.5. The van der Waals surface area contributed by atoms with Gasteiger partial charge in [0.2, 0.25) is 0 Å². The lowest BCUT2D eigenvalue weighted by atomic mass is 10.1. The molecule has 0 radical (unpaired) electrons. The molecule has 0 saturated heterocycles. The van der Waals surface area contributed by atoms with Crippen LogP contribution >= 0.6 is 22.9 Å². The molecule has 1 aromatic heterocycles. The molecule has 1 aromatic carbocycles. The molecule has 0 unspecified atom stereocenters. The van der Waals surface area contributed by atoms with Crippen LogP contribution in [0.25, 0.3) is 0 Å². The molecule has 9 heteroatoms. The van der Waals surface area contributed by atoms with Gasteiger partial charge in [0.25, 0.3) is 0 Å². The smallest absolute Gasteiger partial charge is 0.378 e. The van der Waals surface area contributed by atoms with Gasteiger partial charge in [0.05, 0.1) is 23.5 Å². The average Bonchev–Trinajstić information content (AvgIpc) is 2.96. The highest BCUT2D eigenvalue weighted by molar-refractivity contribution is 7.15. The van der Waals surface area contributed by atoms with E-state index in [1.165, 1.54) is 17.4 Å². The van der Waals surface area contributed by atoms with Crippen molar-refractivity contribution in [3.05, 3.63) is 39.3 Å². The normalized spacial score (nSPS) is 11.8. The number of anilines is 2. The maximum absolute atomic E-state index is 13.1. The largest absolute Gasteiger partial charge is 0.416 e. The number of thiazole rings is 1. The highest BCUT2D eigenvalue weighted by Gasteiger charge is 2.31. The van der Waals surface area contributed by atoms with Crippen LogP contribution in [0.5, 0.6) is 0 Å². The van der Waals surface area contributed by atoms with Crippen molar-refractivity contribution in [1.82, 2.24) is 9.88 Å². The molecule has 0 fully saturated rings. The van der Waals surface area contributed by atoms with Crippen LogP contribution in [0, 0.1) is 0 Å². The first-order chi connectivity index (χ1) is 12.2. The molecule has 0 aliphatic carbocycles. The van der Waals surface area contributed by atoms with E-state index in [4.69, 9.17) is 11.6 Å². The van der Waals surface area contributed by atoms with Crippen molar-refractivity contribution < 1.29 is 13.2 Å². The van der Waals surface area contributed by atoms with Crippen LogP contribution in [0.1, 0.15) is 16.9 Å². The Labute approximate surface area is 160 Å². The minimum Gasteiger partial charge on any atom is -0.378 e. The summed E-state index contributed by atoms with van der Waals surface area (Å²) >= 11 is 7.11. The summed E-state index contributed by atoms with van der Waals surface area (Å²) in [5.41, 5.74) is 0.497. The van der Waals surface area contributed by atoms with Crippen LogP contribution in [0.4, 0.5) is 24.5 Å². The van der Waals surface area contributed by atoms with Crippen LogP contribution < -0.4 is 10.2 Å². The Kier molecular flexibility index (Phi) is 7.14. The van der Waals surface area contributed by atoms with Crippen LogP contribution in [0.3, 0.4) is 0 Å². The molecular weight excluding hydrogens is 385 g/mol. The highest BCUT2D eigenvalue weighted by Crippen LogP contribution is 2.35. The zero-order valence-electron chi connectivity index (χ0n) is 14.9. The standard InChI is InChI=1S/C17H22ClF3N4S/c1-24(2)7-4-8-25(3)15-6-5-12(17(19,20)21)9-14(15)22-10-13-11-23-16(18)26-13/h5-6,9,11,22H,4,7-8,10H2,1-3H3. The molecular formula is C17H22ClF3N4S. The van der Waals surface area contributed by atoms with E-state index in [-0.39, 0.29) is 0 Å². The van der Waals surface area contributed by atoms with E-state index in [1.54, 1.807) is 6.20 Å². The third-order valence-corrected chi connectivity index (χ3v) is 4.93. The van der Waals surface area contributed by atoms with E-state index in [2.05, 4.69) is 15.2 Å². The van der Waals surface area contributed by atoms with Crippen molar-refractivity contribution in [3.63, 3.8) is 0 Å². The Morgan fingerprint density at radius 3 is 2.50 bits per heavy atom. The molecule has 1 N–H and O–H groups in total. The van der Waals surface area contributed by atoms with Gasteiger partial charge in [-0.15, -0.1) is 11.3 Å². The maximum atomic E-state index is 13.1. The lowest BCUT2D eigenvalue weighted by molar-refractivity contribution is -0.137. The molecule has 4 nitrogen and oxygen atoms in total. The van der Waals surface area contributed by atoms with Crippen LogP contribution in [0.2, 0.25) is 4.47 Å². The molecule has 0 amide bonds. The summed E-state index contributed by atoms with van der Waals surface area (Å²) in [7, 11) is 5.86. The summed E-state index contributed by atoms with van der Waals surface area (Å²) in [6, 6.07) is 3.79. The first kappa shape index (κ1) is 20.8. The summed E-state index contributed by atoms with van der Waals surface area (Å²) in [6.07, 6.45) is -1.85. The minimum absolute atomic E-state index is 0.365. The van der Waals surface area contributed by atoms with Gasteiger partial charge < -0.3 is 15.1 Å². The average molecular weight is 407 g/mol. The van der Waals surface area contributed by atoms with Crippen molar-refractivity contribution >= 4 is 34.3 Å². The van der Waals surface area contributed by atoms with Crippen LogP contribution in [-0.2, 0) is 12.7 Å². The predicted octanol–water partition coefficient (Wildman–Crippen LogP) is 4.82. The number of nitrogens with one attached hydrogen (secondary N) is 1. The van der Waals surface area contributed by atoms with Gasteiger partial charge in [-0.05, 0) is 45.3 Å². The summed E-state index contributed by atoms with van der Waals surface area (Å²) in [5, 5.41) is 3.10. The van der Waals surface area contributed by atoms with Gasteiger partial charge in [-0.1, -0.05) is 11.6 Å². The second-order valence-corrected chi connectivity index (χ2v) is 7.94.